The highest BCUT2D eigenvalue weighted by molar-refractivity contribution is 5.95. The number of aryl methyl sites for hydroxylation is 1. The molecule has 0 aliphatic rings. The number of rotatable bonds is 5. The fraction of sp³-hybridized carbons (Fsp3) is 0.100. The summed E-state index contributed by atoms with van der Waals surface area (Å²) in [7, 11) is 3.26. The first-order valence-corrected chi connectivity index (χ1v) is 8.41. The Morgan fingerprint density at radius 1 is 1.07 bits per heavy atom. The standard InChI is InChI=1S/C20H18FN5O/c1-25-13-15(14-7-3-5-9-18(14)25)16-11-12-22-20(23-16)24-17-8-4-6-10-19(17)26(21)27-2/h3-13H,1-2H3,(H,22,23,24). The molecular weight excluding hydrogens is 345 g/mol. The lowest BCUT2D eigenvalue weighted by Crippen LogP contribution is -2.11. The number of hydrogen-bond acceptors (Lipinski definition) is 5. The van der Waals surface area contributed by atoms with Gasteiger partial charge >= 0.3 is 0 Å². The van der Waals surface area contributed by atoms with Crippen molar-refractivity contribution in [1.29, 1.82) is 0 Å². The molecule has 0 aliphatic heterocycles. The molecule has 1 N–H and O–H groups in total. The predicted molar refractivity (Wildman–Crippen MR) is 104 cm³/mol. The lowest BCUT2D eigenvalue weighted by Gasteiger charge is -2.15. The van der Waals surface area contributed by atoms with Crippen LogP contribution in [0.25, 0.3) is 22.2 Å². The number of benzene rings is 2. The SMILES string of the molecule is CON(F)c1ccccc1Nc1nccc(-c2cn(C)c3ccccc23)n1. The van der Waals surface area contributed by atoms with Gasteiger partial charge in [-0.15, -0.1) is 0 Å². The summed E-state index contributed by atoms with van der Waals surface area (Å²) in [4.78, 5) is 13.5. The number of hydrogen-bond donors (Lipinski definition) is 1. The number of para-hydroxylation sites is 3. The van der Waals surface area contributed by atoms with Crippen molar-refractivity contribution in [1.82, 2.24) is 14.5 Å². The van der Waals surface area contributed by atoms with Gasteiger partial charge in [0.15, 0.2) is 0 Å². The second-order valence-corrected chi connectivity index (χ2v) is 6.01. The van der Waals surface area contributed by atoms with Crippen molar-refractivity contribution in [3.05, 3.63) is 67.0 Å². The first-order chi connectivity index (χ1) is 13.2. The maximum absolute atomic E-state index is 13.9. The fourth-order valence-electron chi connectivity index (χ4n) is 3.07. The lowest BCUT2D eigenvalue weighted by molar-refractivity contribution is 0.0601. The maximum Gasteiger partial charge on any atom is 0.227 e. The van der Waals surface area contributed by atoms with Crippen molar-refractivity contribution in [2.45, 2.75) is 0 Å². The van der Waals surface area contributed by atoms with Crippen LogP contribution in [0, 0.1) is 0 Å². The zero-order chi connectivity index (χ0) is 18.8. The average Bonchev–Trinajstić information content (AvgIpc) is 3.05. The third-order valence-electron chi connectivity index (χ3n) is 4.33. The minimum atomic E-state index is 0.191. The third-order valence-corrected chi connectivity index (χ3v) is 4.33. The highest BCUT2D eigenvalue weighted by Gasteiger charge is 2.13. The summed E-state index contributed by atoms with van der Waals surface area (Å²) in [6, 6.07) is 16.8. The van der Waals surface area contributed by atoms with E-state index in [1.54, 1.807) is 30.5 Å². The summed E-state index contributed by atoms with van der Waals surface area (Å²) < 4.78 is 15.9. The zero-order valence-corrected chi connectivity index (χ0v) is 14.9. The second kappa shape index (κ2) is 7.05. The van der Waals surface area contributed by atoms with E-state index >= 15 is 0 Å². The van der Waals surface area contributed by atoms with Crippen LogP contribution < -0.4 is 10.6 Å². The molecule has 6 nitrogen and oxygen atoms in total. The Hall–Kier alpha value is -3.45. The first-order valence-electron chi connectivity index (χ1n) is 8.41. The zero-order valence-electron chi connectivity index (χ0n) is 14.9. The molecule has 0 atom stereocenters. The smallest absolute Gasteiger partial charge is 0.227 e. The van der Waals surface area contributed by atoms with Crippen LogP contribution in [-0.4, -0.2) is 21.6 Å². The van der Waals surface area contributed by atoms with Gasteiger partial charge in [0.1, 0.15) is 5.69 Å². The van der Waals surface area contributed by atoms with E-state index in [2.05, 4.69) is 36.8 Å². The first kappa shape index (κ1) is 17.0. The van der Waals surface area contributed by atoms with Gasteiger partial charge in [0.05, 0.1) is 18.5 Å². The normalized spacial score (nSPS) is 10.9. The molecule has 0 aliphatic carbocycles. The van der Waals surface area contributed by atoms with Crippen LogP contribution in [0.5, 0.6) is 0 Å². The van der Waals surface area contributed by atoms with Crippen molar-refractivity contribution in [3.63, 3.8) is 0 Å². The summed E-state index contributed by atoms with van der Waals surface area (Å²) in [6.45, 7) is 0. The number of halogens is 1. The summed E-state index contributed by atoms with van der Waals surface area (Å²) in [5.41, 5.74) is 3.65. The van der Waals surface area contributed by atoms with E-state index in [0.29, 0.717) is 11.6 Å². The maximum atomic E-state index is 13.9. The van der Waals surface area contributed by atoms with Gasteiger partial charge < -0.3 is 9.88 Å². The topological polar surface area (TPSA) is 55.2 Å². The van der Waals surface area contributed by atoms with Gasteiger partial charge in [0.2, 0.25) is 5.95 Å². The average molecular weight is 363 g/mol. The minimum absolute atomic E-state index is 0.191. The Morgan fingerprint density at radius 2 is 1.85 bits per heavy atom. The van der Waals surface area contributed by atoms with Crippen LogP contribution in [0.3, 0.4) is 0 Å². The van der Waals surface area contributed by atoms with E-state index in [0.717, 1.165) is 22.2 Å². The number of nitrogens with zero attached hydrogens (tertiary/aromatic N) is 4. The number of fused-ring (bicyclic) bond motifs is 1. The molecule has 0 fully saturated rings. The van der Waals surface area contributed by atoms with Crippen LogP contribution >= 0.6 is 0 Å². The highest BCUT2D eigenvalue weighted by Crippen LogP contribution is 2.31. The van der Waals surface area contributed by atoms with E-state index in [9.17, 15) is 4.48 Å². The van der Waals surface area contributed by atoms with Crippen LogP contribution in [0.15, 0.2) is 67.0 Å². The third kappa shape index (κ3) is 3.20. The Bertz CT molecular complexity index is 1090. The molecule has 0 spiro atoms. The summed E-state index contributed by atoms with van der Waals surface area (Å²) in [5, 5.41) is 4.36. The molecule has 2 heterocycles. The largest absolute Gasteiger partial charge is 0.350 e. The molecule has 7 heteroatoms. The van der Waals surface area contributed by atoms with Crippen LogP contribution in [0.2, 0.25) is 0 Å². The van der Waals surface area contributed by atoms with Crippen LogP contribution in [0.1, 0.15) is 0 Å². The quantitative estimate of drug-likeness (QED) is 0.414. The minimum Gasteiger partial charge on any atom is -0.350 e. The molecule has 0 unspecified atom stereocenters. The summed E-state index contributed by atoms with van der Waals surface area (Å²) in [5.74, 6) is 0.373. The molecule has 2 aromatic heterocycles. The van der Waals surface area contributed by atoms with Gasteiger partial charge in [0, 0.05) is 35.9 Å². The molecule has 0 saturated heterocycles. The van der Waals surface area contributed by atoms with E-state index in [4.69, 9.17) is 0 Å². The van der Waals surface area contributed by atoms with Gasteiger partial charge in [-0.2, -0.15) is 0 Å². The van der Waals surface area contributed by atoms with Crippen molar-refractivity contribution in [2.24, 2.45) is 7.05 Å². The van der Waals surface area contributed by atoms with Crippen LogP contribution in [0.4, 0.5) is 21.8 Å². The molecule has 0 bridgehead atoms. The molecule has 2 aromatic carbocycles. The van der Waals surface area contributed by atoms with E-state index in [1.807, 2.05) is 31.4 Å². The van der Waals surface area contributed by atoms with E-state index in [1.165, 1.54) is 7.11 Å². The van der Waals surface area contributed by atoms with Gasteiger partial charge in [-0.25, -0.2) is 14.8 Å². The molecule has 0 amide bonds. The van der Waals surface area contributed by atoms with Crippen LogP contribution in [-0.2, 0) is 11.9 Å². The summed E-state index contributed by atoms with van der Waals surface area (Å²) >= 11 is 0. The van der Waals surface area contributed by atoms with Crippen molar-refractivity contribution in [2.75, 3.05) is 17.7 Å². The molecule has 27 heavy (non-hydrogen) atoms. The summed E-state index contributed by atoms with van der Waals surface area (Å²) in [6.07, 6.45) is 3.72. The van der Waals surface area contributed by atoms with Gasteiger partial charge in [0.25, 0.3) is 0 Å². The fourth-order valence-corrected chi connectivity index (χ4v) is 3.07. The van der Waals surface area contributed by atoms with E-state index < -0.39 is 0 Å². The Labute approximate surface area is 155 Å². The number of anilines is 3. The Kier molecular flexibility index (Phi) is 4.43. The van der Waals surface area contributed by atoms with Gasteiger partial charge in [-0.1, -0.05) is 40.1 Å². The Balaban J connectivity index is 1.72. The number of nitrogens with one attached hydrogen (secondary N) is 1. The molecule has 0 radical (unpaired) electrons. The predicted octanol–water partition coefficient (Wildman–Crippen LogP) is 4.63. The van der Waals surface area contributed by atoms with Gasteiger partial charge in [-0.05, 0) is 24.3 Å². The second-order valence-electron chi connectivity index (χ2n) is 6.01. The molecule has 4 rings (SSSR count). The number of aromatic nitrogens is 3. The van der Waals surface area contributed by atoms with Crippen molar-refractivity contribution in [3.8, 4) is 11.3 Å². The van der Waals surface area contributed by atoms with E-state index in [-0.39, 0.29) is 11.0 Å². The molecule has 136 valence electrons. The highest BCUT2D eigenvalue weighted by atomic mass is 19.2. The monoisotopic (exact) mass is 363 g/mol. The lowest BCUT2D eigenvalue weighted by atomic mass is 10.1. The molecule has 4 aromatic rings. The Morgan fingerprint density at radius 3 is 2.70 bits per heavy atom. The van der Waals surface area contributed by atoms with Gasteiger partial charge in [-0.3, -0.25) is 0 Å². The van der Waals surface area contributed by atoms with Crippen molar-refractivity contribution >= 4 is 28.2 Å². The van der Waals surface area contributed by atoms with Crippen molar-refractivity contribution < 1.29 is 9.32 Å². The molecule has 0 saturated carbocycles. The molecular formula is C20H18FN5O.